The summed E-state index contributed by atoms with van der Waals surface area (Å²) in [5, 5.41) is 11.0. The monoisotopic (exact) mass is 329 g/mol. The molecule has 120 valence electrons. The zero-order valence-corrected chi connectivity index (χ0v) is 13.5. The van der Waals surface area contributed by atoms with Crippen LogP contribution in [0, 0.1) is 0 Å². The molecule has 2 aromatic rings. The molecule has 2 amide bonds. The molecule has 0 unspecified atom stereocenters. The third-order valence-electron chi connectivity index (χ3n) is 3.84. The van der Waals surface area contributed by atoms with Crippen molar-refractivity contribution < 1.29 is 9.59 Å². The average Bonchev–Trinajstić information content (AvgIpc) is 3.11. The molecule has 0 radical (unpaired) electrons. The molecule has 1 aliphatic rings. The van der Waals surface area contributed by atoms with Crippen molar-refractivity contribution in [2.75, 3.05) is 18.4 Å². The van der Waals surface area contributed by atoms with Crippen LogP contribution >= 0.6 is 11.3 Å². The van der Waals surface area contributed by atoms with Crippen LogP contribution in [0.25, 0.3) is 0 Å². The van der Waals surface area contributed by atoms with Gasteiger partial charge in [0.2, 0.25) is 0 Å². The highest BCUT2D eigenvalue weighted by Crippen LogP contribution is 2.18. The van der Waals surface area contributed by atoms with E-state index in [9.17, 15) is 9.59 Å². The van der Waals surface area contributed by atoms with Gasteiger partial charge in [-0.3, -0.25) is 9.59 Å². The molecule has 6 heteroatoms. The van der Waals surface area contributed by atoms with Gasteiger partial charge in [-0.25, -0.2) is 0 Å². The first-order valence-electron chi connectivity index (χ1n) is 7.69. The molecule has 23 heavy (non-hydrogen) atoms. The van der Waals surface area contributed by atoms with Crippen molar-refractivity contribution in [1.82, 2.24) is 10.6 Å². The third-order valence-corrected chi connectivity index (χ3v) is 4.71. The number of rotatable bonds is 4. The van der Waals surface area contributed by atoms with Gasteiger partial charge >= 0.3 is 0 Å². The minimum absolute atomic E-state index is 0.140. The molecule has 0 saturated carbocycles. The number of piperidine rings is 1. The van der Waals surface area contributed by atoms with Crippen molar-refractivity contribution in [1.29, 1.82) is 0 Å². The lowest BCUT2D eigenvalue weighted by Crippen LogP contribution is -2.42. The molecular weight excluding hydrogens is 310 g/mol. The third kappa shape index (κ3) is 3.97. The quantitative estimate of drug-likeness (QED) is 0.807. The summed E-state index contributed by atoms with van der Waals surface area (Å²) in [5.74, 6) is -0.332. The van der Waals surface area contributed by atoms with Gasteiger partial charge in [-0.2, -0.15) is 0 Å². The zero-order chi connectivity index (χ0) is 16.1. The van der Waals surface area contributed by atoms with Crippen LogP contribution in [0.4, 0.5) is 5.69 Å². The summed E-state index contributed by atoms with van der Waals surface area (Å²) < 4.78 is 0. The van der Waals surface area contributed by atoms with Gasteiger partial charge in [0.05, 0.1) is 16.1 Å². The van der Waals surface area contributed by atoms with Crippen LogP contribution in [0.1, 0.15) is 32.9 Å². The van der Waals surface area contributed by atoms with E-state index in [-0.39, 0.29) is 17.9 Å². The number of anilines is 1. The van der Waals surface area contributed by atoms with Gasteiger partial charge in [0.1, 0.15) is 0 Å². The van der Waals surface area contributed by atoms with E-state index in [1.165, 1.54) is 11.3 Å². The van der Waals surface area contributed by atoms with E-state index in [4.69, 9.17) is 0 Å². The Morgan fingerprint density at radius 3 is 2.57 bits per heavy atom. The van der Waals surface area contributed by atoms with Gasteiger partial charge < -0.3 is 16.0 Å². The molecule has 1 fully saturated rings. The van der Waals surface area contributed by atoms with Crippen LogP contribution in [-0.4, -0.2) is 30.9 Å². The number of carbonyl (C=O) groups is 2. The first-order valence-corrected chi connectivity index (χ1v) is 8.57. The minimum Gasteiger partial charge on any atom is -0.349 e. The van der Waals surface area contributed by atoms with Gasteiger partial charge in [-0.1, -0.05) is 18.2 Å². The largest absolute Gasteiger partial charge is 0.349 e. The van der Waals surface area contributed by atoms with E-state index in [2.05, 4.69) is 16.0 Å². The van der Waals surface area contributed by atoms with Crippen LogP contribution in [0.15, 0.2) is 41.8 Å². The van der Waals surface area contributed by atoms with Gasteiger partial charge in [0.15, 0.2) is 0 Å². The standard InChI is InChI=1S/C17H19N3O2S/c21-16(19-12-7-9-18-10-8-12)13-4-1-2-5-14(13)20-17(22)15-6-3-11-23-15/h1-6,11-12,18H,7-10H2,(H,19,21)(H,20,22). The summed E-state index contributed by atoms with van der Waals surface area (Å²) in [4.78, 5) is 25.3. The summed E-state index contributed by atoms with van der Waals surface area (Å²) in [6.45, 7) is 1.84. The van der Waals surface area contributed by atoms with Gasteiger partial charge in [0, 0.05) is 6.04 Å². The number of thiophene rings is 1. The summed E-state index contributed by atoms with van der Waals surface area (Å²) >= 11 is 1.37. The number of hydrogen-bond acceptors (Lipinski definition) is 4. The van der Waals surface area contributed by atoms with E-state index in [0.29, 0.717) is 16.1 Å². The van der Waals surface area contributed by atoms with Crippen molar-refractivity contribution >= 4 is 28.8 Å². The molecule has 5 nitrogen and oxygen atoms in total. The van der Waals surface area contributed by atoms with Crippen molar-refractivity contribution in [3.8, 4) is 0 Å². The van der Waals surface area contributed by atoms with Crippen molar-refractivity contribution in [3.63, 3.8) is 0 Å². The molecule has 3 N–H and O–H groups in total. The molecule has 1 aromatic heterocycles. The fraction of sp³-hybridized carbons (Fsp3) is 0.294. The smallest absolute Gasteiger partial charge is 0.265 e. The normalized spacial score (nSPS) is 15.1. The second-order valence-corrected chi connectivity index (χ2v) is 6.42. The molecule has 2 heterocycles. The molecule has 0 bridgehead atoms. The molecule has 0 atom stereocenters. The van der Waals surface area contributed by atoms with Crippen LogP contribution in [-0.2, 0) is 0 Å². The Morgan fingerprint density at radius 2 is 1.83 bits per heavy atom. The van der Waals surface area contributed by atoms with Crippen molar-refractivity contribution in [2.45, 2.75) is 18.9 Å². The molecule has 0 spiro atoms. The zero-order valence-electron chi connectivity index (χ0n) is 12.7. The number of hydrogen-bond donors (Lipinski definition) is 3. The maximum atomic E-state index is 12.5. The Kier molecular flexibility index (Phi) is 5.05. The van der Waals surface area contributed by atoms with Crippen LogP contribution < -0.4 is 16.0 Å². The second-order valence-electron chi connectivity index (χ2n) is 5.47. The Labute approximate surface area is 139 Å². The van der Waals surface area contributed by atoms with Gasteiger partial charge in [-0.05, 0) is 49.5 Å². The summed E-state index contributed by atoms with van der Waals surface area (Å²) in [6.07, 6.45) is 1.85. The van der Waals surface area contributed by atoms with Gasteiger partial charge in [-0.15, -0.1) is 11.3 Å². The minimum atomic E-state index is -0.192. The predicted molar refractivity (Wildman–Crippen MR) is 92.1 cm³/mol. The number of nitrogens with one attached hydrogen (secondary N) is 3. The van der Waals surface area contributed by atoms with Crippen molar-refractivity contribution in [3.05, 3.63) is 52.2 Å². The molecule has 3 rings (SSSR count). The first kappa shape index (κ1) is 15.7. The topological polar surface area (TPSA) is 70.2 Å². The molecular formula is C17H19N3O2S. The highest BCUT2D eigenvalue weighted by atomic mass is 32.1. The highest BCUT2D eigenvalue weighted by molar-refractivity contribution is 7.12. The number of para-hydroxylation sites is 1. The lowest BCUT2D eigenvalue weighted by molar-refractivity contribution is 0.0930. The number of carbonyl (C=O) groups excluding carboxylic acids is 2. The molecule has 1 saturated heterocycles. The summed E-state index contributed by atoms with van der Waals surface area (Å²) in [7, 11) is 0. The maximum Gasteiger partial charge on any atom is 0.265 e. The Morgan fingerprint density at radius 1 is 1.04 bits per heavy atom. The Hall–Kier alpha value is -2.18. The van der Waals surface area contributed by atoms with Crippen molar-refractivity contribution in [2.24, 2.45) is 0 Å². The molecule has 1 aliphatic heterocycles. The van der Waals surface area contributed by atoms with Crippen LogP contribution in [0.2, 0.25) is 0 Å². The van der Waals surface area contributed by atoms with Gasteiger partial charge in [0.25, 0.3) is 11.8 Å². The highest BCUT2D eigenvalue weighted by Gasteiger charge is 2.19. The predicted octanol–water partition coefficient (Wildman–Crippen LogP) is 2.48. The number of benzene rings is 1. The fourth-order valence-electron chi connectivity index (χ4n) is 2.61. The molecule has 1 aromatic carbocycles. The summed E-state index contributed by atoms with van der Waals surface area (Å²) in [5.41, 5.74) is 1.04. The second kappa shape index (κ2) is 7.39. The lowest BCUT2D eigenvalue weighted by Gasteiger charge is -2.24. The Bertz CT molecular complexity index is 679. The maximum absolute atomic E-state index is 12.5. The van der Waals surface area contributed by atoms with E-state index in [1.54, 1.807) is 24.3 Å². The van der Waals surface area contributed by atoms with E-state index in [0.717, 1.165) is 25.9 Å². The van der Waals surface area contributed by atoms with E-state index < -0.39 is 0 Å². The van der Waals surface area contributed by atoms with E-state index >= 15 is 0 Å². The van der Waals surface area contributed by atoms with Crippen LogP contribution in [0.3, 0.4) is 0 Å². The SMILES string of the molecule is O=C(Nc1ccccc1C(=O)NC1CCNCC1)c1cccs1. The first-order chi connectivity index (χ1) is 11.2. The fourth-order valence-corrected chi connectivity index (χ4v) is 3.23. The lowest BCUT2D eigenvalue weighted by atomic mass is 10.1. The number of amides is 2. The molecule has 0 aliphatic carbocycles. The van der Waals surface area contributed by atoms with Crippen LogP contribution in [0.5, 0.6) is 0 Å². The van der Waals surface area contributed by atoms with E-state index in [1.807, 2.05) is 17.5 Å². The summed E-state index contributed by atoms with van der Waals surface area (Å²) in [6, 6.07) is 10.9. The average molecular weight is 329 g/mol. The Balaban J connectivity index is 1.72.